The van der Waals surface area contributed by atoms with Gasteiger partial charge in [0.05, 0.1) is 12.2 Å². The first-order valence-electron chi connectivity index (χ1n) is 4.42. The van der Waals surface area contributed by atoms with Gasteiger partial charge in [-0.15, -0.1) is 0 Å². The van der Waals surface area contributed by atoms with Crippen LogP contribution in [0.1, 0.15) is 20.3 Å². The average molecular weight is 170 g/mol. The molecule has 0 radical (unpaired) electrons. The third-order valence-electron chi connectivity index (χ3n) is 3.17. The standard InChI is InChI=1S/C10H18O2/c1-7-5-10(11,9(7)3)8(2)6-12-4/h7,9,11H,2,5-6H2,1,3-4H3. The van der Waals surface area contributed by atoms with Crippen LogP contribution in [0.4, 0.5) is 0 Å². The van der Waals surface area contributed by atoms with E-state index in [1.54, 1.807) is 7.11 Å². The minimum absolute atomic E-state index is 0.320. The van der Waals surface area contributed by atoms with E-state index in [0.717, 1.165) is 12.0 Å². The van der Waals surface area contributed by atoms with Crippen molar-refractivity contribution >= 4 is 0 Å². The number of methoxy groups -OCH3 is 1. The minimum Gasteiger partial charge on any atom is -0.385 e. The predicted octanol–water partition coefficient (Wildman–Crippen LogP) is 1.60. The lowest BCUT2D eigenvalue weighted by atomic mass is 9.60. The molecule has 3 atom stereocenters. The quantitative estimate of drug-likeness (QED) is 0.652. The number of hydrogen-bond acceptors (Lipinski definition) is 2. The first-order valence-corrected chi connectivity index (χ1v) is 4.42. The van der Waals surface area contributed by atoms with E-state index in [9.17, 15) is 5.11 Å². The monoisotopic (exact) mass is 170 g/mol. The van der Waals surface area contributed by atoms with Crippen LogP contribution in [0.5, 0.6) is 0 Å². The Morgan fingerprint density at radius 2 is 2.25 bits per heavy atom. The molecular weight excluding hydrogens is 152 g/mol. The van der Waals surface area contributed by atoms with Crippen molar-refractivity contribution in [1.82, 2.24) is 0 Å². The number of hydrogen-bond donors (Lipinski definition) is 1. The molecule has 0 saturated heterocycles. The van der Waals surface area contributed by atoms with Crippen LogP contribution in [0.2, 0.25) is 0 Å². The normalized spacial score (nSPS) is 40.7. The summed E-state index contributed by atoms with van der Waals surface area (Å²) in [5.74, 6) is 0.920. The highest BCUT2D eigenvalue weighted by atomic mass is 16.5. The van der Waals surface area contributed by atoms with Gasteiger partial charge in [-0.05, 0) is 23.8 Å². The van der Waals surface area contributed by atoms with Crippen molar-refractivity contribution in [3.05, 3.63) is 12.2 Å². The molecule has 1 aliphatic rings. The molecule has 1 N–H and O–H groups in total. The molecule has 1 fully saturated rings. The fourth-order valence-electron chi connectivity index (χ4n) is 1.93. The first kappa shape index (κ1) is 9.75. The zero-order valence-electron chi connectivity index (χ0n) is 8.13. The van der Waals surface area contributed by atoms with Crippen LogP contribution in [0, 0.1) is 11.8 Å². The van der Waals surface area contributed by atoms with Crippen LogP contribution >= 0.6 is 0 Å². The number of aliphatic hydroxyl groups is 1. The maximum Gasteiger partial charge on any atom is 0.0906 e. The van der Waals surface area contributed by atoms with E-state index in [4.69, 9.17) is 4.74 Å². The van der Waals surface area contributed by atoms with Crippen molar-refractivity contribution in [3.8, 4) is 0 Å². The van der Waals surface area contributed by atoms with Gasteiger partial charge in [0, 0.05) is 7.11 Å². The number of rotatable bonds is 3. The van der Waals surface area contributed by atoms with E-state index in [2.05, 4.69) is 20.4 Å². The molecule has 0 aliphatic heterocycles. The molecule has 0 aromatic carbocycles. The molecule has 0 bridgehead atoms. The summed E-state index contributed by atoms with van der Waals surface area (Å²) in [5, 5.41) is 10.1. The zero-order chi connectivity index (χ0) is 9.35. The second-order valence-corrected chi connectivity index (χ2v) is 3.93. The van der Waals surface area contributed by atoms with E-state index in [1.165, 1.54) is 0 Å². The largest absolute Gasteiger partial charge is 0.385 e. The minimum atomic E-state index is -0.657. The van der Waals surface area contributed by atoms with Gasteiger partial charge >= 0.3 is 0 Å². The molecule has 0 aromatic heterocycles. The van der Waals surface area contributed by atoms with Crippen molar-refractivity contribution < 1.29 is 9.84 Å². The molecule has 2 nitrogen and oxygen atoms in total. The Balaban J connectivity index is 2.56. The van der Waals surface area contributed by atoms with Crippen LogP contribution in [-0.2, 0) is 4.74 Å². The van der Waals surface area contributed by atoms with Gasteiger partial charge in [-0.1, -0.05) is 20.4 Å². The smallest absolute Gasteiger partial charge is 0.0906 e. The van der Waals surface area contributed by atoms with Crippen LogP contribution in [0.15, 0.2) is 12.2 Å². The van der Waals surface area contributed by atoms with Gasteiger partial charge in [0.15, 0.2) is 0 Å². The fourth-order valence-corrected chi connectivity index (χ4v) is 1.93. The molecule has 1 aliphatic carbocycles. The van der Waals surface area contributed by atoms with Gasteiger partial charge in [0.1, 0.15) is 0 Å². The SMILES string of the molecule is C=C(COC)C1(O)CC(C)C1C. The predicted molar refractivity (Wildman–Crippen MR) is 48.9 cm³/mol. The highest BCUT2D eigenvalue weighted by Gasteiger charge is 2.49. The molecule has 0 aromatic rings. The van der Waals surface area contributed by atoms with Crippen LogP contribution in [0.3, 0.4) is 0 Å². The zero-order valence-corrected chi connectivity index (χ0v) is 8.13. The third-order valence-corrected chi connectivity index (χ3v) is 3.17. The summed E-state index contributed by atoms with van der Waals surface area (Å²) in [6, 6.07) is 0. The van der Waals surface area contributed by atoms with Crippen LogP contribution < -0.4 is 0 Å². The van der Waals surface area contributed by atoms with E-state index in [-0.39, 0.29) is 0 Å². The second-order valence-electron chi connectivity index (χ2n) is 3.93. The van der Waals surface area contributed by atoms with Gasteiger partial charge in [-0.2, -0.15) is 0 Å². The lowest BCUT2D eigenvalue weighted by Crippen LogP contribution is -2.53. The van der Waals surface area contributed by atoms with Crippen LogP contribution in [-0.4, -0.2) is 24.4 Å². The molecule has 70 valence electrons. The molecule has 1 rings (SSSR count). The Labute approximate surface area is 74.2 Å². The topological polar surface area (TPSA) is 29.5 Å². The average Bonchev–Trinajstić information content (AvgIpc) is 2.04. The summed E-state index contributed by atoms with van der Waals surface area (Å²) in [6.45, 7) is 8.53. The molecule has 0 spiro atoms. The Morgan fingerprint density at radius 3 is 2.58 bits per heavy atom. The molecule has 1 saturated carbocycles. The Hall–Kier alpha value is -0.340. The number of ether oxygens (including phenoxy) is 1. The summed E-state index contributed by atoms with van der Waals surface area (Å²) in [4.78, 5) is 0. The lowest BCUT2D eigenvalue weighted by Gasteiger charge is -2.50. The Bertz CT molecular complexity index is 188. The second kappa shape index (κ2) is 3.19. The lowest BCUT2D eigenvalue weighted by molar-refractivity contribution is -0.0998. The van der Waals surface area contributed by atoms with E-state index >= 15 is 0 Å². The van der Waals surface area contributed by atoms with Crippen molar-refractivity contribution in [1.29, 1.82) is 0 Å². The maximum atomic E-state index is 10.1. The molecule has 0 amide bonds. The molecule has 12 heavy (non-hydrogen) atoms. The molecule has 0 heterocycles. The Morgan fingerprint density at radius 1 is 1.67 bits per heavy atom. The first-order chi connectivity index (χ1) is 5.52. The highest BCUT2D eigenvalue weighted by molar-refractivity contribution is 5.21. The highest BCUT2D eigenvalue weighted by Crippen LogP contribution is 2.47. The van der Waals surface area contributed by atoms with Gasteiger partial charge in [0.2, 0.25) is 0 Å². The van der Waals surface area contributed by atoms with E-state index < -0.39 is 5.60 Å². The summed E-state index contributed by atoms with van der Waals surface area (Å²) in [5.41, 5.74) is 0.158. The van der Waals surface area contributed by atoms with Crippen molar-refractivity contribution in [2.45, 2.75) is 25.9 Å². The summed E-state index contributed by atoms with van der Waals surface area (Å²) in [7, 11) is 1.63. The van der Waals surface area contributed by atoms with Crippen molar-refractivity contribution in [2.24, 2.45) is 11.8 Å². The Kier molecular flexibility index (Phi) is 2.59. The molecule has 2 heteroatoms. The van der Waals surface area contributed by atoms with Crippen molar-refractivity contribution in [2.75, 3.05) is 13.7 Å². The van der Waals surface area contributed by atoms with Gasteiger partial charge in [-0.3, -0.25) is 0 Å². The van der Waals surface area contributed by atoms with E-state index in [0.29, 0.717) is 18.4 Å². The van der Waals surface area contributed by atoms with Crippen LogP contribution in [0.25, 0.3) is 0 Å². The van der Waals surface area contributed by atoms with Crippen molar-refractivity contribution in [3.63, 3.8) is 0 Å². The van der Waals surface area contributed by atoms with E-state index in [1.807, 2.05) is 0 Å². The summed E-state index contributed by atoms with van der Waals surface area (Å²) >= 11 is 0. The van der Waals surface area contributed by atoms with Gasteiger partial charge < -0.3 is 9.84 Å². The fraction of sp³-hybridized carbons (Fsp3) is 0.800. The summed E-state index contributed by atoms with van der Waals surface area (Å²) in [6.07, 6.45) is 0.830. The third kappa shape index (κ3) is 1.29. The maximum absolute atomic E-state index is 10.1. The summed E-state index contributed by atoms with van der Waals surface area (Å²) < 4.78 is 4.95. The van der Waals surface area contributed by atoms with Gasteiger partial charge in [0.25, 0.3) is 0 Å². The molecular formula is C10H18O2. The molecule has 3 unspecified atom stereocenters. The van der Waals surface area contributed by atoms with Gasteiger partial charge in [-0.25, -0.2) is 0 Å².